The Morgan fingerprint density at radius 2 is 1.51 bits per heavy atom. The molecule has 0 radical (unpaired) electrons. The molecule has 0 aliphatic heterocycles. The first-order valence-corrected chi connectivity index (χ1v) is 16.3. The maximum atomic E-state index is 14.3. The number of nitrogens with one attached hydrogen (secondary N) is 1. The molecule has 0 unspecified atom stereocenters. The van der Waals surface area contributed by atoms with E-state index in [1.165, 1.54) is 42.3 Å². The summed E-state index contributed by atoms with van der Waals surface area (Å²) in [5.41, 5.74) is 2.65. The predicted octanol–water partition coefficient (Wildman–Crippen LogP) is 6.65. The van der Waals surface area contributed by atoms with Gasteiger partial charge in [-0.25, -0.2) is 8.42 Å². The summed E-state index contributed by atoms with van der Waals surface area (Å²) in [7, 11) is -2.73. The monoisotopic (exact) mass is 701 g/mol. The fourth-order valence-electron chi connectivity index (χ4n) is 4.51. The highest BCUT2D eigenvalue weighted by atomic mass is 79.9. The molecule has 0 aliphatic rings. The van der Waals surface area contributed by atoms with Crippen LogP contribution >= 0.6 is 39.1 Å². The van der Waals surface area contributed by atoms with Gasteiger partial charge in [0.15, 0.2) is 0 Å². The Labute approximate surface area is 270 Å². The maximum Gasteiger partial charge on any atom is 0.264 e. The van der Waals surface area contributed by atoms with E-state index in [9.17, 15) is 18.0 Å². The molecule has 4 aromatic carbocycles. The minimum atomic E-state index is -4.24. The number of benzene rings is 4. The average molecular weight is 703 g/mol. The van der Waals surface area contributed by atoms with Gasteiger partial charge in [0.2, 0.25) is 11.8 Å². The Hall–Kier alpha value is -3.37. The Balaban J connectivity index is 1.80. The van der Waals surface area contributed by atoms with Gasteiger partial charge >= 0.3 is 0 Å². The molecule has 0 fully saturated rings. The highest BCUT2D eigenvalue weighted by Crippen LogP contribution is 2.31. The minimum Gasteiger partial charge on any atom is -0.357 e. The normalized spacial score (nSPS) is 11.9. The van der Waals surface area contributed by atoms with Gasteiger partial charge in [0, 0.05) is 24.5 Å². The third kappa shape index (κ3) is 8.17. The summed E-state index contributed by atoms with van der Waals surface area (Å²) in [6, 6.07) is 26.5. The molecule has 0 spiro atoms. The zero-order valence-corrected chi connectivity index (χ0v) is 27.4. The van der Waals surface area contributed by atoms with E-state index in [0.717, 1.165) is 25.5 Å². The van der Waals surface area contributed by atoms with E-state index in [1.54, 1.807) is 12.1 Å². The van der Waals surface area contributed by atoms with Crippen molar-refractivity contribution in [1.82, 2.24) is 10.2 Å². The fraction of sp³-hybridized carbons (Fsp3) is 0.188. The SMILES string of the molecule is CNC(=O)[C@H](Cc1ccccc1)N(Cc1ccc(Br)cc1)C(=O)CN(c1ccc(Cl)c(Cl)c1)S(=O)(=O)c1ccc(C)cc1. The first kappa shape index (κ1) is 32.5. The Morgan fingerprint density at radius 3 is 2.12 bits per heavy atom. The first-order valence-electron chi connectivity index (χ1n) is 13.3. The van der Waals surface area contributed by atoms with Crippen molar-refractivity contribution < 1.29 is 18.0 Å². The van der Waals surface area contributed by atoms with Crippen LogP contribution in [-0.4, -0.2) is 44.8 Å². The number of aryl methyl sites for hydroxylation is 1. The summed E-state index contributed by atoms with van der Waals surface area (Å²) in [5, 5.41) is 3.05. The summed E-state index contributed by atoms with van der Waals surface area (Å²) in [6.45, 7) is 1.33. The lowest BCUT2D eigenvalue weighted by molar-refractivity contribution is -0.139. The van der Waals surface area contributed by atoms with Gasteiger partial charge in [-0.1, -0.05) is 99.3 Å². The summed E-state index contributed by atoms with van der Waals surface area (Å²) in [4.78, 5) is 29.0. The van der Waals surface area contributed by atoms with Crippen molar-refractivity contribution >= 4 is 66.7 Å². The topological polar surface area (TPSA) is 86.8 Å². The average Bonchev–Trinajstić information content (AvgIpc) is 3.00. The van der Waals surface area contributed by atoms with Crippen LogP contribution in [0.25, 0.3) is 0 Å². The molecule has 0 bridgehead atoms. The molecule has 0 aromatic heterocycles. The predicted molar refractivity (Wildman–Crippen MR) is 175 cm³/mol. The van der Waals surface area contributed by atoms with E-state index in [1.807, 2.05) is 61.5 Å². The van der Waals surface area contributed by atoms with Crippen molar-refractivity contribution in [2.24, 2.45) is 0 Å². The lowest BCUT2D eigenvalue weighted by Crippen LogP contribution is -2.53. The van der Waals surface area contributed by atoms with E-state index in [0.29, 0.717) is 0 Å². The second-order valence-corrected chi connectivity index (χ2v) is 13.5. The van der Waals surface area contributed by atoms with Crippen molar-refractivity contribution in [2.45, 2.75) is 30.8 Å². The highest BCUT2D eigenvalue weighted by molar-refractivity contribution is 9.10. The number of carbonyl (C=O) groups is 2. The van der Waals surface area contributed by atoms with Crippen LogP contribution in [-0.2, 0) is 32.6 Å². The van der Waals surface area contributed by atoms with Crippen molar-refractivity contribution in [1.29, 1.82) is 0 Å². The van der Waals surface area contributed by atoms with Crippen molar-refractivity contribution in [3.05, 3.63) is 128 Å². The number of sulfonamides is 1. The molecule has 1 N–H and O–H groups in total. The molecule has 224 valence electrons. The summed E-state index contributed by atoms with van der Waals surface area (Å²) < 4.78 is 29.9. The van der Waals surface area contributed by atoms with E-state index in [4.69, 9.17) is 23.2 Å². The third-order valence-corrected chi connectivity index (χ3v) is 9.92. The Kier molecular flexibility index (Phi) is 10.9. The summed E-state index contributed by atoms with van der Waals surface area (Å²) >= 11 is 15.9. The number of carbonyl (C=O) groups excluding carboxylic acids is 2. The summed E-state index contributed by atoms with van der Waals surface area (Å²) in [6.07, 6.45) is 0.222. The Morgan fingerprint density at radius 1 is 0.860 bits per heavy atom. The molecule has 11 heteroatoms. The van der Waals surface area contributed by atoms with Gasteiger partial charge in [0.1, 0.15) is 12.6 Å². The maximum absolute atomic E-state index is 14.3. The van der Waals surface area contributed by atoms with Crippen molar-refractivity contribution in [3.8, 4) is 0 Å². The van der Waals surface area contributed by atoms with E-state index < -0.39 is 28.5 Å². The van der Waals surface area contributed by atoms with Crippen LogP contribution in [0.3, 0.4) is 0 Å². The molecule has 0 heterocycles. The van der Waals surface area contributed by atoms with Crippen LogP contribution in [0, 0.1) is 6.92 Å². The molecule has 1 atom stereocenters. The van der Waals surface area contributed by atoms with Gasteiger partial charge in [-0.2, -0.15) is 0 Å². The van der Waals surface area contributed by atoms with Gasteiger partial charge in [-0.15, -0.1) is 0 Å². The summed E-state index contributed by atoms with van der Waals surface area (Å²) in [5.74, 6) is -0.953. The van der Waals surface area contributed by atoms with Gasteiger partial charge in [-0.05, 0) is 60.5 Å². The van der Waals surface area contributed by atoms with Gasteiger partial charge in [0.25, 0.3) is 10.0 Å². The zero-order chi connectivity index (χ0) is 31.1. The molecular weight excluding hydrogens is 673 g/mol. The lowest BCUT2D eigenvalue weighted by atomic mass is 10.0. The van der Waals surface area contributed by atoms with Gasteiger partial charge in [-0.3, -0.25) is 13.9 Å². The van der Waals surface area contributed by atoms with Crippen LogP contribution < -0.4 is 9.62 Å². The smallest absolute Gasteiger partial charge is 0.264 e. The fourth-order valence-corrected chi connectivity index (χ4v) is 6.48. The number of nitrogens with zero attached hydrogens (tertiary/aromatic N) is 2. The number of hydrogen-bond donors (Lipinski definition) is 1. The molecular formula is C32H30BrCl2N3O4S. The molecule has 43 heavy (non-hydrogen) atoms. The van der Waals surface area contributed by atoms with Gasteiger partial charge in [0.05, 0.1) is 20.6 Å². The molecule has 0 saturated heterocycles. The van der Waals surface area contributed by atoms with Gasteiger partial charge < -0.3 is 10.2 Å². The third-order valence-electron chi connectivity index (χ3n) is 6.86. The Bertz CT molecular complexity index is 1690. The van der Waals surface area contributed by atoms with E-state index in [-0.39, 0.29) is 39.5 Å². The molecule has 7 nitrogen and oxygen atoms in total. The van der Waals surface area contributed by atoms with E-state index in [2.05, 4.69) is 21.2 Å². The number of amides is 2. The molecule has 4 rings (SSSR count). The van der Waals surface area contributed by atoms with Crippen molar-refractivity contribution in [2.75, 3.05) is 17.9 Å². The van der Waals surface area contributed by atoms with E-state index >= 15 is 0 Å². The highest BCUT2D eigenvalue weighted by Gasteiger charge is 2.34. The molecule has 0 saturated carbocycles. The van der Waals surface area contributed by atoms with Crippen LogP contribution in [0.5, 0.6) is 0 Å². The zero-order valence-electron chi connectivity index (χ0n) is 23.5. The molecule has 2 amide bonds. The second-order valence-electron chi connectivity index (χ2n) is 9.89. The quantitative estimate of drug-likeness (QED) is 0.190. The number of anilines is 1. The molecule has 0 aliphatic carbocycles. The first-order chi connectivity index (χ1) is 20.5. The lowest BCUT2D eigenvalue weighted by Gasteiger charge is -2.33. The van der Waals surface area contributed by atoms with Crippen LogP contribution in [0.1, 0.15) is 16.7 Å². The minimum absolute atomic E-state index is 0.00330. The van der Waals surface area contributed by atoms with Crippen LogP contribution in [0.4, 0.5) is 5.69 Å². The second kappa shape index (κ2) is 14.4. The molecule has 4 aromatic rings. The number of likely N-dealkylation sites (N-methyl/N-ethyl adjacent to an activating group) is 1. The van der Waals surface area contributed by atoms with Crippen LogP contribution in [0.15, 0.2) is 106 Å². The number of halogens is 3. The largest absolute Gasteiger partial charge is 0.357 e. The van der Waals surface area contributed by atoms with Crippen LogP contribution in [0.2, 0.25) is 10.0 Å². The number of hydrogen-bond acceptors (Lipinski definition) is 4. The number of rotatable bonds is 11. The van der Waals surface area contributed by atoms with Crippen molar-refractivity contribution in [3.63, 3.8) is 0 Å². The standard InChI is InChI=1S/C32H30BrCl2N3O4S/c1-22-8-15-27(16-9-22)43(41,42)38(26-14-17-28(34)29(35)19-26)21-31(39)37(20-24-10-12-25(33)13-11-24)30(32(40)36-2)18-23-6-4-3-5-7-23/h3-17,19,30H,18,20-21H2,1-2H3,(H,36,40)/t30-/m0/s1.